The van der Waals surface area contributed by atoms with Crippen LogP contribution in [0.3, 0.4) is 0 Å². The Bertz CT molecular complexity index is 265. The van der Waals surface area contributed by atoms with Crippen molar-refractivity contribution in [2.45, 2.75) is 5.75 Å². The molecule has 0 unspecified atom stereocenters. The van der Waals surface area contributed by atoms with Crippen molar-refractivity contribution in [1.82, 2.24) is 0 Å². The van der Waals surface area contributed by atoms with Gasteiger partial charge in [0.05, 0.1) is 0 Å². The van der Waals surface area contributed by atoms with Crippen molar-refractivity contribution in [2.24, 2.45) is 0 Å². The second-order valence-electron chi connectivity index (χ2n) is 2.56. The van der Waals surface area contributed by atoms with Crippen molar-refractivity contribution in [2.75, 3.05) is 12.0 Å². The molecule has 0 saturated heterocycles. The second kappa shape index (κ2) is 4.35. The topological polar surface area (TPSA) is 65.7 Å². The van der Waals surface area contributed by atoms with Gasteiger partial charge in [0.2, 0.25) is 0 Å². The zero-order valence-corrected chi connectivity index (χ0v) is 7.73. The predicted molar refractivity (Wildman–Crippen MR) is 53.0 cm³/mol. The molecule has 0 radical (unpaired) electrons. The number of anilines is 1. The molecule has 4 heteroatoms. The molecule has 0 aliphatic rings. The van der Waals surface area contributed by atoms with Crippen LogP contribution in [0.2, 0.25) is 0 Å². The van der Waals surface area contributed by atoms with Crippen LogP contribution in [-0.2, 0) is 5.75 Å². The van der Waals surface area contributed by atoms with Gasteiger partial charge in [-0.2, -0.15) is 11.8 Å². The van der Waals surface area contributed by atoms with Gasteiger partial charge in [-0.1, -0.05) is 0 Å². The number of nitrogen functional groups attached to an aromatic ring is 1. The molecule has 1 rings (SSSR count). The van der Waals surface area contributed by atoms with Crippen molar-refractivity contribution < 1.29 is 5.48 Å². The molecule has 1 aromatic carbocycles. The largest absolute Gasteiger partial charge is 0.630 e. The van der Waals surface area contributed by atoms with Crippen LogP contribution >= 0.6 is 11.8 Å². The normalized spacial score (nSPS) is 10.2. The Labute approximate surface area is 75.9 Å². The maximum Gasteiger partial charge on any atom is 0.131 e. The minimum Gasteiger partial charge on any atom is -0.630 e. The Morgan fingerprint density at radius 3 is 2.83 bits per heavy atom. The molecule has 66 valence electrons. The van der Waals surface area contributed by atoms with E-state index in [9.17, 15) is 5.21 Å². The quantitative estimate of drug-likeness (QED) is 0.540. The van der Waals surface area contributed by atoms with Gasteiger partial charge < -0.3 is 16.4 Å². The maximum absolute atomic E-state index is 10.5. The van der Waals surface area contributed by atoms with Crippen LogP contribution < -0.4 is 11.2 Å². The van der Waals surface area contributed by atoms with Gasteiger partial charge in [-0.25, -0.2) is 0 Å². The fourth-order valence-electron chi connectivity index (χ4n) is 1.06. The summed E-state index contributed by atoms with van der Waals surface area (Å²) in [6.07, 6.45) is 2.02. The monoisotopic (exact) mass is 184 g/mol. The molecular formula is C8H12N2OS. The van der Waals surface area contributed by atoms with E-state index in [0.29, 0.717) is 11.4 Å². The van der Waals surface area contributed by atoms with Crippen LogP contribution in [0.15, 0.2) is 18.2 Å². The minimum atomic E-state index is 0.652. The first-order chi connectivity index (χ1) is 5.76. The lowest BCUT2D eigenvalue weighted by molar-refractivity contribution is -0.497. The highest BCUT2D eigenvalue weighted by Crippen LogP contribution is 2.16. The van der Waals surface area contributed by atoms with E-state index in [1.54, 1.807) is 17.8 Å². The summed E-state index contributed by atoms with van der Waals surface area (Å²) >= 11 is 1.71. The molecule has 0 aliphatic carbocycles. The average Bonchev–Trinajstić information content (AvgIpc) is 2.04. The Morgan fingerprint density at radius 1 is 1.50 bits per heavy atom. The molecule has 0 aliphatic heterocycles. The number of quaternary nitrogens is 1. The van der Waals surface area contributed by atoms with Crippen LogP contribution in [0, 0.1) is 5.21 Å². The van der Waals surface area contributed by atoms with E-state index in [2.05, 4.69) is 0 Å². The van der Waals surface area contributed by atoms with Gasteiger partial charge >= 0.3 is 0 Å². The zero-order valence-electron chi connectivity index (χ0n) is 6.91. The lowest BCUT2D eigenvalue weighted by atomic mass is 10.2. The van der Waals surface area contributed by atoms with Crippen LogP contribution in [0.1, 0.15) is 5.56 Å². The van der Waals surface area contributed by atoms with Crippen LogP contribution in [0.25, 0.3) is 0 Å². The number of benzene rings is 1. The lowest BCUT2D eigenvalue weighted by Gasteiger charge is -2.05. The second-order valence-corrected chi connectivity index (χ2v) is 3.42. The summed E-state index contributed by atoms with van der Waals surface area (Å²) in [6.45, 7) is 0. The van der Waals surface area contributed by atoms with Gasteiger partial charge in [0, 0.05) is 23.6 Å². The van der Waals surface area contributed by atoms with E-state index in [0.717, 1.165) is 16.8 Å². The zero-order chi connectivity index (χ0) is 8.97. The molecule has 4 N–H and O–H groups in total. The summed E-state index contributed by atoms with van der Waals surface area (Å²) in [4.78, 5) is 0. The van der Waals surface area contributed by atoms with E-state index < -0.39 is 0 Å². The van der Waals surface area contributed by atoms with Gasteiger partial charge in [0.25, 0.3) is 0 Å². The van der Waals surface area contributed by atoms with E-state index >= 15 is 0 Å². The molecule has 0 atom stereocenters. The Kier molecular flexibility index (Phi) is 3.40. The minimum absolute atomic E-state index is 0.652. The highest BCUT2D eigenvalue weighted by Gasteiger charge is 1.98. The van der Waals surface area contributed by atoms with Crippen molar-refractivity contribution >= 4 is 23.1 Å². The number of hydrogen-bond acceptors (Lipinski definition) is 3. The number of rotatable bonds is 3. The molecule has 1 aromatic rings. The number of thioether (sulfide) groups is 1. The van der Waals surface area contributed by atoms with Crippen molar-refractivity contribution in [3.8, 4) is 0 Å². The summed E-state index contributed by atoms with van der Waals surface area (Å²) in [5.41, 5.74) is 8.83. The maximum atomic E-state index is 10.5. The molecule has 0 heterocycles. The van der Waals surface area contributed by atoms with E-state index in [1.807, 2.05) is 18.4 Å². The van der Waals surface area contributed by atoms with Gasteiger partial charge in [-0.15, -0.1) is 0 Å². The third-order valence-corrected chi connectivity index (χ3v) is 2.11. The molecule has 0 aromatic heterocycles. The fourth-order valence-corrected chi connectivity index (χ4v) is 1.56. The highest BCUT2D eigenvalue weighted by atomic mass is 32.2. The smallest absolute Gasteiger partial charge is 0.131 e. The van der Waals surface area contributed by atoms with Crippen LogP contribution in [-0.4, -0.2) is 6.26 Å². The average molecular weight is 184 g/mol. The molecule has 0 bridgehead atoms. The van der Waals surface area contributed by atoms with E-state index in [1.165, 1.54) is 0 Å². The van der Waals surface area contributed by atoms with Gasteiger partial charge in [0.1, 0.15) is 5.69 Å². The fraction of sp³-hybridized carbons (Fsp3) is 0.250. The first-order valence-corrected chi connectivity index (χ1v) is 4.99. The van der Waals surface area contributed by atoms with Crippen LogP contribution in [0.5, 0.6) is 0 Å². The molecule has 0 saturated carbocycles. The van der Waals surface area contributed by atoms with Gasteiger partial charge in [0.15, 0.2) is 0 Å². The highest BCUT2D eigenvalue weighted by molar-refractivity contribution is 7.97. The first-order valence-electron chi connectivity index (χ1n) is 3.60. The van der Waals surface area contributed by atoms with Crippen molar-refractivity contribution in [3.63, 3.8) is 0 Å². The Balaban J connectivity index is 2.90. The molecule has 0 amide bonds. The molecule has 3 nitrogen and oxygen atoms in total. The molecule has 0 spiro atoms. The summed E-state index contributed by atoms with van der Waals surface area (Å²) in [5, 5.41) is 10.5. The van der Waals surface area contributed by atoms with Gasteiger partial charge in [-0.3, -0.25) is 0 Å². The number of nitrogens with two attached hydrogens (primary N) is 2. The summed E-state index contributed by atoms with van der Waals surface area (Å²) in [6, 6.07) is 5.43. The predicted octanol–water partition coefficient (Wildman–Crippen LogP) is 0.825. The number of hydrogen-bond donors (Lipinski definition) is 2. The summed E-state index contributed by atoms with van der Waals surface area (Å²) in [7, 11) is 0. The Hall–Kier alpha value is -0.710. The molecule has 12 heavy (non-hydrogen) atoms. The third kappa shape index (κ3) is 2.41. The van der Waals surface area contributed by atoms with Gasteiger partial charge in [-0.05, 0) is 17.9 Å². The van der Waals surface area contributed by atoms with Crippen molar-refractivity contribution in [1.29, 1.82) is 0 Å². The van der Waals surface area contributed by atoms with Crippen molar-refractivity contribution in [3.05, 3.63) is 29.0 Å². The van der Waals surface area contributed by atoms with Crippen LogP contribution in [0.4, 0.5) is 11.4 Å². The standard InChI is InChI=1S/C8H12N2OS/c1-12-5-6-2-7(9)4-8(3-6)10-11/h2-4H,5,9-10H2,1H3. The lowest BCUT2D eigenvalue weighted by Crippen LogP contribution is -2.70. The SMILES string of the molecule is CSCc1cc(N)cc([NH2+][O-])c1. The summed E-state index contributed by atoms with van der Waals surface area (Å²) < 4.78 is 0. The summed E-state index contributed by atoms with van der Waals surface area (Å²) in [5.74, 6) is 0.895. The Morgan fingerprint density at radius 2 is 2.25 bits per heavy atom. The molecular weight excluding hydrogens is 172 g/mol. The third-order valence-electron chi connectivity index (χ3n) is 1.48. The first kappa shape index (κ1) is 9.38. The molecule has 0 fully saturated rings. The van der Waals surface area contributed by atoms with E-state index in [4.69, 9.17) is 5.73 Å². The van der Waals surface area contributed by atoms with E-state index in [-0.39, 0.29) is 0 Å².